The van der Waals surface area contributed by atoms with E-state index < -0.39 is 17.7 Å². The van der Waals surface area contributed by atoms with Gasteiger partial charge in [0.1, 0.15) is 42.4 Å². The second kappa shape index (κ2) is 11.3. The number of H-pyrrole nitrogens is 1. The molecule has 8 nitrogen and oxygen atoms in total. The monoisotopic (exact) mass is 550 g/mol. The molecule has 2 aliphatic rings. The molecule has 3 aromatic carbocycles. The Labute approximate surface area is 238 Å². The van der Waals surface area contributed by atoms with E-state index >= 15 is 0 Å². The average Bonchev–Trinajstić information content (AvgIpc) is 3.70. The molecule has 1 fully saturated rings. The number of likely N-dealkylation sites (tertiary alicyclic amines) is 1. The minimum absolute atomic E-state index is 0.0458. The maximum atomic E-state index is 13.5. The Morgan fingerprint density at radius 2 is 1.95 bits per heavy atom. The third-order valence-electron chi connectivity index (χ3n) is 7.55. The number of nitrogens with one attached hydrogen (secondary N) is 1. The van der Waals surface area contributed by atoms with Crippen molar-refractivity contribution in [3.63, 3.8) is 0 Å². The van der Waals surface area contributed by atoms with Crippen molar-refractivity contribution in [2.24, 2.45) is 0 Å². The van der Waals surface area contributed by atoms with Gasteiger partial charge in [-0.3, -0.25) is 14.6 Å². The second-order valence-corrected chi connectivity index (χ2v) is 10.5. The van der Waals surface area contributed by atoms with Gasteiger partial charge in [-0.2, -0.15) is 0 Å². The fraction of sp³-hybridized carbons (Fsp3) is 0.242. The summed E-state index contributed by atoms with van der Waals surface area (Å²) in [6.07, 6.45) is 6.98. The normalized spacial score (nSPS) is 19.3. The number of fused-ring (bicyclic) bond motifs is 1. The zero-order chi connectivity index (χ0) is 28.3. The molecule has 8 heteroatoms. The first kappa shape index (κ1) is 26.4. The van der Waals surface area contributed by atoms with E-state index in [4.69, 9.17) is 9.47 Å². The number of amides is 1. The van der Waals surface area contributed by atoms with Gasteiger partial charge in [0.15, 0.2) is 0 Å². The smallest absolute Gasteiger partial charge is 0.295 e. The number of ether oxygens (including phenoxy) is 2. The number of aromatic amines is 1. The fourth-order valence-corrected chi connectivity index (χ4v) is 5.58. The number of aryl methyl sites for hydroxylation is 1. The Bertz CT molecular complexity index is 1600. The number of aliphatic hydroxyl groups is 1. The summed E-state index contributed by atoms with van der Waals surface area (Å²) in [6, 6.07) is 21.9. The number of carbonyl (C=O) groups is 2. The molecule has 208 valence electrons. The maximum Gasteiger partial charge on any atom is 0.295 e. The van der Waals surface area contributed by atoms with Gasteiger partial charge in [0, 0.05) is 24.9 Å². The molecular formula is C33H32N3O5+. The van der Waals surface area contributed by atoms with Crippen LogP contribution in [0.1, 0.15) is 41.6 Å². The molecule has 0 bridgehead atoms. The lowest BCUT2D eigenvalue weighted by Gasteiger charge is -2.25. The first-order valence-corrected chi connectivity index (χ1v) is 13.8. The maximum absolute atomic E-state index is 13.5. The molecule has 3 heterocycles. The van der Waals surface area contributed by atoms with Crippen LogP contribution in [0.4, 0.5) is 0 Å². The van der Waals surface area contributed by atoms with Crippen molar-refractivity contribution in [3.05, 3.63) is 119 Å². The van der Waals surface area contributed by atoms with Crippen LogP contribution in [-0.4, -0.2) is 39.3 Å². The Balaban J connectivity index is 1.35. The second-order valence-electron chi connectivity index (χ2n) is 10.5. The van der Waals surface area contributed by atoms with E-state index in [0.717, 1.165) is 16.9 Å². The highest BCUT2D eigenvalue weighted by Gasteiger charge is 2.46. The standard InChI is InChI=1S/C33H31N3O5/c1-22-17-26-18-25(11-12-28(26)41-22)31(37)29-30(36(33(39)32(29)38)15-6-14-35-16-13-34-21-35)24-9-5-10-27(19-24)40-20-23-7-3-2-4-8-23/h2-5,7-13,16,18-19,21-22,30H,6,14-15,17,20H2,1H3,(H,37,38)/p+1. The number of aliphatic hydroxyl groups excluding tert-OH is 1. The summed E-state index contributed by atoms with van der Waals surface area (Å²) in [4.78, 5) is 31.5. The van der Waals surface area contributed by atoms with Gasteiger partial charge in [0.05, 0.1) is 18.2 Å². The molecule has 2 atom stereocenters. The molecule has 0 radical (unpaired) electrons. The van der Waals surface area contributed by atoms with Gasteiger partial charge in [-0.25, -0.2) is 4.57 Å². The van der Waals surface area contributed by atoms with E-state index in [1.54, 1.807) is 11.0 Å². The molecule has 0 saturated carbocycles. The summed E-state index contributed by atoms with van der Waals surface area (Å²) in [6.45, 7) is 3.38. The molecule has 6 rings (SSSR count). The molecule has 1 aromatic heterocycles. The number of imidazole rings is 1. The molecule has 41 heavy (non-hydrogen) atoms. The van der Waals surface area contributed by atoms with Crippen molar-refractivity contribution in [1.82, 2.24) is 9.88 Å². The third kappa shape index (κ3) is 5.45. The minimum Gasteiger partial charge on any atom is -0.507 e. The fourth-order valence-electron chi connectivity index (χ4n) is 5.58. The van der Waals surface area contributed by atoms with Gasteiger partial charge in [-0.1, -0.05) is 42.5 Å². The Morgan fingerprint density at radius 3 is 2.76 bits per heavy atom. The topological polar surface area (TPSA) is 95.7 Å². The first-order valence-electron chi connectivity index (χ1n) is 13.8. The van der Waals surface area contributed by atoms with E-state index in [-0.39, 0.29) is 17.4 Å². The highest BCUT2D eigenvalue weighted by molar-refractivity contribution is 6.46. The van der Waals surface area contributed by atoms with Gasteiger partial charge in [-0.15, -0.1) is 0 Å². The lowest BCUT2D eigenvalue weighted by molar-refractivity contribution is -0.695. The Hall–Kier alpha value is -4.85. The van der Waals surface area contributed by atoms with Gasteiger partial charge >= 0.3 is 0 Å². The highest BCUT2D eigenvalue weighted by Crippen LogP contribution is 2.41. The molecule has 0 spiro atoms. The molecule has 2 N–H and O–H groups in total. The average molecular weight is 551 g/mol. The summed E-state index contributed by atoms with van der Waals surface area (Å²) in [7, 11) is 0. The van der Waals surface area contributed by atoms with Crippen LogP contribution in [-0.2, 0) is 29.2 Å². The van der Waals surface area contributed by atoms with Crippen molar-refractivity contribution < 1.29 is 28.7 Å². The van der Waals surface area contributed by atoms with Crippen LogP contribution >= 0.6 is 0 Å². The quantitative estimate of drug-likeness (QED) is 0.136. The van der Waals surface area contributed by atoms with Gasteiger partial charge in [-0.05, 0) is 53.9 Å². The summed E-state index contributed by atoms with van der Waals surface area (Å²) in [5.41, 5.74) is 3.26. The van der Waals surface area contributed by atoms with Crippen LogP contribution < -0.4 is 14.0 Å². The molecule has 0 aliphatic carbocycles. The molecule has 1 saturated heterocycles. The molecule has 4 aromatic rings. The van der Waals surface area contributed by atoms with Crippen LogP contribution in [0, 0.1) is 0 Å². The van der Waals surface area contributed by atoms with Gasteiger partial charge in [0.25, 0.3) is 11.7 Å². The summed E-state index contributed by atoms with van der Waals surface area (Å²) in [5.74, 6) is -0.110. The van der Waals surface area contributed by atoms with Crippen LogP contribution in [0.5, 0.6) is 11.5 Å². The molecule has 2 unspecified atom stereocenters. The number of aromatic nitrogens is 2. The van der Waals surface area contributed by atoms with Crippen molar-refractivity contribution in [2.75, 3.05) is 6.54 Å². The van der Waals surface area contributed by atoms with Gasteiger partial charge < -0.3 is 19.5 Å². The van der Waals surface area contributed by atoms with Crippen LogP contribution in [0.3, 0.4) is 0 Å². The lowest BCUT2D eigenvalue weighted by atomic mass is 9.94. The van der Waals surface area contributed by atoms with Gasteiger partial charge in [0.2, 0.25) is 6.33 Å². The number of nitrogens with zero attached hydrogens (tertiary/aromatic N) is 2. The van der Waals surface area contributed by atoms with Crippen molar-refractivity contribution in [3.8, 4) is 11.5 Å². The van der Waals surface area contributed by atoms with Crippen molar-refractivity contribution >= 4 is 17.4 Å². The number of ketones is 1. The van der Waals surface area contributed by atoms with Crippen LogP contribution in [0.25, 0.3) is 5.76 Å². The largest absolute Gasteiger partial charge is 0.507 e. The van der Waals surface area contributed by atoms with Crippen LogP contribution in [0.15, 0.2) is 97.1 Å². The SMILES string of the molecule is CC1Cc2cc(/C(O)=C3\C(=O)C(=O)N(CCC[n+]4cc[nH]c4)C3c3cccc(OCc4ccccc4)c3)ccc2O1. The minimum atomic E-state index is -0.755. The third-order valence-corrected chi connectivity index (χ3v) is 7.55. The lowest BCUT2D eigenvalue weighted by Crippen LogP contribution is -2.36. The first-order chi connectivity index (χ1) is 20.0. The zero-order valence-electron chi connectivity index (χ0n) is 22.8. The van der Waals surface area contributed by atoms with E-state index in [0.29, 0.717) is 49.4 Å². The van der Waals surface area contributed by atoms with E-state index in [2.05, 4.69) is 4.98 Å². The van der Waals surface area contributed by atoms with E-state index in [9.17, 15) is 14.7 Å². The number of rotatable bonds is 9. The van der Waals surface area contributed by atoms with E-state index in [1.807, 2.05) is 96.9 Å². The highest BCUT2D eigenvalue weighted by atomic mass is 16.5. The summed E-state index contributed by atoms with van der Waals surface area (Å²) in [5, 5.41) is 11.6. The predicted octanol–water partition coefficient (Wildman–Crippen LogP) is 4.72. The summed E-state index contributed by atoms with van der Waals surface area (Å²) >= 11 is 0. The van der Waals surface area contributed by atoms with E-state index in [1.165, 1.54) is 0 Å². The molecule has 1 amide bonds. The number of hydrogen-bond donors (Lipinski definition) is 2. The van der Waals surface area contributed by atoms with Crippen molar-refractivity contribution in [1.29, 1.82) is 0 Å². The van der Waals surface area contributed by atoms with Crippen LogP contribution in [0.2, 0.25) is 0 Å². The molecular weight excluding hydrogens is 518 g/mol. The summed E-state index contributed by atoms with van der Waals surface area (Å²) < 4.78 is 13.9. The molecule has 2 aliphatic heterocycles. The predicted molar refractivity (Wildman–Crippen MR) is 152 cm³/mol. The Kier molecular flexibility index (Phi) is 7.29. The number of Topliss-reactive ketones (excluding diaryl/α,β-unsaturated/α-hetero) is 1. The number of hydrogen-bond acceptors (Lipinski definition) is 5. The zero-order valence-corrected chi connectivity index (χ0v) is 22.8. The number of benzene rings is 3. The van der Waals surface area contributed by atoms with Crippen molar-refractivity contribution in [2.45, 2.75) is 45.1 Å². The Morgan fingerprint density at radius 1 is 1.10 bits per heavy atom. The number of carbonyl (C=O) groups excluding carboxylic acids is 2.